The number of primary amides is 1. The number of hydrogen-bond donors (Lipinski definition) is 4. The van der Waals surface area contributed by atoms with E-state index in [-0.39, 0.29) is 0 Å². The number of nitrogens with one attached hydrogen (secondary N) is 2. The van der Waals surface area contributed by atoms with Gasteiger partial charge in [-0.25, -0.2) is 13.1 Å². The monoisotopic (exact) mass is 246 g/mol. The molecule has 0 radical (unpaired) electrons. The van der Waals surface area contributed by atoms with Crippen LogP contribution in [-0.4, -0.2) is 27.3 Å². The van der Waals surface area contributed by atoms with Crippen molar-refractivity contribution in [3.63, 3.8) is 0 Å². The van der Waals surface area contributed by atoms with Gasteiger partial charge in [-0.05, 0) is 0 Å². The van der Waals surface area contributed by atoms with Crippen molar-refractivity contribution in [2.24, 2.45) is 11.6 Å². The first-order valence-corrected chi connectivity index (χ1v) is 5.69. The van der Waals surface area contributed by atoms with E-state index in [1.807, 2.05) is 0 Å². The van der Waals surface area contributed by atoms with Crippen LogP contribution in [0.4, 0.5) is 9.59 Å². The van der Waals surface area contributed by atoms with Gasteiger partial charge in [0, 0.05) is 0 Å². The van der Waals surface area contributed by atoms with Crippen molar-refractivity contribution >= 4 is 30.5 Å². The van der Waals surface area contributed by atoms with Crippen LogP contribution >= 0.6 is 0 Å². The molecule has 0 fully saturated rings. The topological polar surface area (TPSA) is 179 Å². The lowest BCUT2D eigenvalue weighted by molar-refractivity contribution is 0.259. The van der Waals surface area contributed by atoms with Crippen LogP contribution in [0.1, 0.15) is 0 Å². The van der Waals surface area contributed by atoms with Crippen LogP contribution in [0.3, 0.4) is 0 Å². The number of amides is 2. The second kappa shape index (κ2) is 3.87. The van der Waals surface area contributed by atoms with E-state index in [9.17, 15) is 26.4 Å². The van der Waals surface area contributed by atoms with E-state index in [2.05, 4.69) is 11.6 Å². The molecule has 0 aliphatic heterocycles. The normalized spacial score (nSPS) is 12.1. The SMILES string of the molecule is NNS(=O)(=O)C(=O)NS(=O)(=O)C(N)=O. The molecule has 0 aromatic carbocycles. The molecule has 6 N–H and O–H groups in total. The average Bonchev–Trinajstić information content (AvgIpc) is 2.03. The second-order valence-corrected chi connectivity index (χ2v) is 5.06. The van der Waals surface area contributed by atoms with E-state index < -0.39 is 30.5 Å². The Kier molecular flexibility index (Phi) is 3.53. The molecule has 0 aliphatic rings. The summed E-state index contributed by atoms with van der Waals surface area (Å²) in [4.78, 5) is 21.8. The Hall–Kier alpha value is -1.24. The summed E-state index contributed by atoms with van der Waals surface area (Å²) in [5.41, 5.74) is 4.32. The van der Waals surface area contributed by atoms with Gasteiger partial charge in [0.1, 0.15) is 0 Å². The third-order valence-electron chi connectivity index (χ3n) is 0.882. The molecule has 2 amide bonds. The molecular weight excluding hydrogens is 240 g/mol. The van der Waals surface area contributed by atoms with E-state index in [1.54, 1.807) is 0 Å². The minimum Gasteiger partial charge on any atom is -0.355 e. The van der Waals surface area contributed by atoms with Crippen LogP contribution in [0.5, 0.6) is 0 Å². The van der Waals surface area contributed by atoms with Gasteiger partial charge in [-0.2, -0.15) is 8.42 Å². The molecule has 10 nitrogen and oxygen atoms in total. The Labute approximate surface area is 78.7 Å². The van der Waals surface area contributed by atoms with Crippen molar-refractivity contribution in [3.05, 3.63) is 0 Å². The summed E-state index contributed by atoms with van der Waals surface area (Å²) in [6, 6.07) is 0. The number of sulfonamides is 2. The van der Waals surface area contributed by atoms with Crippen LogP contribution in [0.2, 0.25) is 0 Å². The summed E-state index contributed by atoms with van der Waals surface area (Å²) in [6.45, 7) is 0. The number of carbonyl (C=O) groups is 2. The van der Waals surface area contributed by atoms with Gasteiger partial charge in [0.15, 0.2) is 0 Å². The highest BCUT2D eigenvalue weighted by atomic mass is 32.2. The molecular formula is C2H6N4O6S2. The van der Waals surface area contributed by atoms with Gasteiger partial charge in [-0.1, -0.05) is 0 Å². The molecule has 0 saturated heterocycles. The maximum absolute atomic E-state index is 10.6. The van der Waals surface area contributed by atoms with E-state index in [4.69, 9.17) is 0 Å². The summed E-state index contributed by atoms with van der Waals surface area (Å²) in [7, 11) is -9.50. The van der Waals surface area contributed by atoms with Crippen LogP contribution in [0.15, 0.2) is 0 Å². The molecule has 12 heteroatoms. The zero-order valence-corrected chi connectivity index (χ0v) is 8.05. The first kappa shape index (κ1) is 12.8. The average molecular weight is 246 g/mol. The minimum absolute atomic E-state index is 0.875. The molecule has 0 spiro atoms. The maximum Gasteiger partial charge on any atom is 0.366 e. The first-order chi connectivity index (χ1) is 6.13. The van der Waals surface area contributed by atoms with Gasteiger partial charge >= 0.3 is 30.5 Å². The minimum atomic E-state index is -4.83. The quantitative estimate of drug-likeness (QED) is 0.279. The van der Waals surface area contributed by atoms with Gasteiger partial charge in [0.05, 0.1) is 0 Å². The van der Waals surface area contributed by atoms with Gasteiger partial charge in [-0.15, -0.1) is 4.83 Å². The lowest BCUT2D eigenvalue weighted by atomic mass is 11.4. The number of carbonyl (C=O) groups excluding carboxylic acids is 2. The highest BCUT2D eigenvalue weighted by Gasteiger charge is 2.28. The Balaban J connectivity index is 4.93. The molecule has 0 unspecified atom stereocenters. The maximum atomic E-state index is 10.6. The summed E-state index contributed by atoms with van der Waals surface area (Å²) in [5, 5.41) is -3.89. The van der Waals surface area contributed by atoms with Gasteiger partial charge < -0.3 is 5.73 Å². The molecule has 14 heavy (non-hydrogen) atoms. The smallest absolute Gasteiger partial charge is 0.355 e. The Bertz CT molecular complexity index is 446. The third-order valence-corrected chi connectivity index (χ3v) is 2.90. The van der Waals surface area contributed by atoms with Crippen molar-refractivity contribution in [3.8, 4) is 0 Å². The highest BCUT2D eigenvalue weighted by molar-refractivity contribution is 8.09. The summed E-state index contributed by atoms with van der Waals surface area (Å²) >= 11 is 0. The fourth-order valence-electron chi connectivity index (χ4n) is 0.268. The van der Waals surface area contributed by atoms with Crippen molar-refractivity contribution < 1.29 is 26.4 Å². The zero-order chi connectivity index (χ0) is 11.6. The Morgan fingerprint density at radius 1 is 1.00 bits per heavy atom. The first-order valence-electron chi connectivity index (χ1n) is 2.72. The van der Waals surface area contributed by atoms with Gasteiger partial charge in [0.2, 0.25) is 0 Å². The predicted octanol–water partition coefficient (Wildman–Crippen LogP) is -3.10. The standard InChI is InChI=1S/C2H6N4O6S2/c3-1(7)13(9,10)5-2(8)14(11,12)6-4/h6H,4H2,(H2,3,7)(H,5,8). The predicted molar refractivity (Wildman–Crippen MR) is 43.3 cm³/mol. The fourth-order valence-corrected chi connectivity index (χ4v) is 1.46. The van der Waals surface area contributed by atoms with Crippen LogP contribution in [0.25, 0.3) is 0 Å². The molecule has 0 aromatic rings. The van der Waals surface area contributed by atoms with Gasteiger partial charge in [-0.3, -0.25) is 15.4 Å². The number of rotatable bonds is 1. The Morgan fingerprint density at radius 3 is 1.71 bits per heavy atom. The molecule has 0 heterocycles. The lowest BCUT2D eigenvalue weighted by Crippen LogP contribution is -2.46. The summed E-state index contributed by atoms with van der Waals surface area (Å²) in [6.07, 6.45) is 0. The van der Waals surface area contributed by atoms with Crippen LogP contribution in [0, 0.1) is 0 Å². The third kappa shape index (κ3) is 2.91. The van der Waals surface area contributed by atoms with E-state index in [0.29, 0.717) is 0 Å². The molecule has 0 bridgehead atoms. The molecule has 0 saturated carbocycles. The van der Waals surface area contributed by atoms with Crippen LogP contribution in [-0.2, 0) is 20.0 Å². The number of nitrogens with two attached hydrogens (primary N) is 2. The Morgan fingerprint density at radius 2 is 1.43 bits per heavy atom. The van der Waals surface area contributed by atoms with Crippen molar-refractivity contribution in [2.75, 3.05) is 0 Å². The highest BCUT2D eigenvalue weighted by Crippen LogP contribution is 1.89. The molecule has 0 aliphatic carbocycles. The fraction of sp³-hybridized carbons (Fsp3) is 0. The van der Waals surface area contributed by atoms with E-state index in [0.717, 1.165) is 9.55 Å². The van der Waals surface area contributed by atoms with Crippen LogP contribution < -0.4 is 21.1 Å². The molecule has 0 atom stereocenters. The number of hydrogen-bond acceptors (Lipinski definition) is 7. The molecule has 0 aromatic heterocycles. The summed E-state index contributed by atoms with van der Waals surface area (Å²) < 4.78 is 43.1. The molecule has 0 rings (SSSR count). The molecule has 82 valence electrons. The zero-order valence-electron chi connectivity index (χ0n) is 6.42. The summed E-state index contributed by atoms with van der Waals surface area (Å²) in [5.74, 6) is 4.39. The van der Waals surface area contributed by atoms with E-state index in [1.165, 1.54) is 0 Å². The largest absolute Gasteiger partial charge is 0.366 e. The van der Waals surface area contributed by atoms with E-state index >= 15 is 0 Å². The van der Waals surface area contributed by atoms with Crippen molar-refractivity contribution in [1.82, 2.24) is 9.55 Å². The lowest BCUT2D eigenvalue weighted by Gasteiger charge is -2.02. The van der Waals surface area contributed by atoms with Crippen molar-refractivity contribution in [2.45, 2.75) is 0 Å². The van der Waals surface area contributed by atoms with Gasteiger partial charge in [0.25, 0.3) is 0 Å². The second-order valence-electron chi connectivity index (χ2n) is 1.83. The van der Waals surface area contributed by atoms with Crippen molar-refractivity contribution in [1.29, 1.82) is 0 Å². The number of hydrazine groups is 1.